The lowest BCUT2D eigenvalue weighted by molar-refractivity contribution is 0.0602. The normalized spacial score (nSPS) is 10.4. The van der Waals surface area contributed by atoms with E-state index in [0.29, 0.717) is 12.4 Å². The van der Waals surface area contributed by atoms with Crippen molar-refractivity contribution in [3.8, 4) is 0 Å². The van der Waals surface area contributed by atoms with E-state index in [1.807, 2.05) is 11.5 Å². The molecule has 0 saturated heterocycles. The minimum absolute atomic E-state index is 0.0293. The van der Waals surface area contributed by atoms with Crippen molar-refractivity contribution < 1.29 is 13.9 Å². The summed E-state index contributed by atoms with van der Waals surface area (Å²) in [7, 11) is 1.24. The molecule has 2 aromatic rings. The monoisotopic (exact) mass is 293 g/mol. The van der Waals surface area contributed by atoms with Crippen molar-refractivity contribution in [1.82, 2.24) is 14.8 Å². The Labute approximate surface area is 120 Å². The first kappa shape index (κ1) is 14.8. The van der Waals surface area contributed by atoms with Crippen LogP contribution < -0.4 is 11.1 Å². The molecule has 0 saturated carbocycles. The molecule has 7 nitrogen and oxygen atoms in total. The van der Waals surface area contributed by atoms with Crippen molar-refractivity contribution in [2.24, 2.45) is 0 Å². The number of aromatic nitrogens is 3. The number of methoxy groups -OCH3 is 1. The molecule has 0 aliphatic heterocycles. The average molecular weight is 293 g/mol. The summed E-state index contributed by atoms with van der Waals surface area (Å²) in [5.41, 5.74) is 5.90. The van der Waals surface area contributed by atoms with Gasteiger partial charge in [-0.2, -0.15) is 0 Å². The highest BCUT2D eigenvalue weighted by molar-refractivity contribution is 5.96. The molecule has 21 heavy (non-hydrogen) atoms. The van der Waals surface area contributed by atoms with Crippen LogP contribution in [0.5, 0.6) is 0 Å². The number of esters is 1. The maximum absolute atomic E-state index is 13.9. The van der Waals surface area contributed by atoms with Gasteiger partial charge in [-0.1, -0.05) is 0 Å². The first-order valence-corrected chi connectivity index (χ1v) is 6.34. The van der Waals surface area contributed by atoms with E-state index >= 15 is 0 Å². The molecule has 0 atom stereocenters. The van der Waals surface area contributed by atoms with Gasteiger partial charge in [0.15, 0.2) is 5.82 Å². The number of benzene rings is 1. The van der Waals surface area contributed by atoms with E-state index in [4.69, 9.17) is 5.73 Å². The highest BCUT2D eigenvalue weighted by Crippen LogP contribution is 2.23. The molecular weight excluding hydrogens is 277 g/mol. The summed E-state index contributed by atoms with van der Waals surface area (Å²) < 4.78 is 20.3. The van der Waals surface area contributed by atoms with Crippen LogP contribution in [-0.2, 0) is 17.8 Å². The fourth-order valence-electron chi connectivity index (χ4n) is 1.87. The van der Waals surface area contributed by atoms with E-state index in [1.165, 1.54) is 13.2 Å². The number of anilines is 2. The summed E-state index contributed by atoms with van der Waals surface area (Å²) in [5.74, 6) is -0.511. The molecule has 2 rings (SSSR count). The molecule has 8 heteroatoms. The molecule has 3 N–H and O–H groups in total. The van der Waals surface area contributed by atoms with Gasteiger partial charge in [0.05, 0.1) is 24.9 Å². The number of carbonyl (C=O) groups is 1. The number of halogens is 1. The third-order valence-electron chi connectivity index (χ3n) is 3.02. The third kappa shape index (κ3) is 3.10. The van der Waals surface area contributed by atoms with Crippen molar-refractivity contribution in [2.75, 3.05) is 18.2 Å². The van der Waals surface area contributed by atoms with Crippen LogP contribution in [0.1, 0.15) is 23.1 Å². The largest absolute Gasteiger partial charge is 0.465 e. The Kier molecular flexibility index (Phi) is 4.36. The Morgan fingerprint density at radius 1 is 1.52 bits per heavy atom. The van der Waals surface area contributed by atoms with E-state index in [-0.39, 0.29) is 23.5 Å². The van der Waals surface area contributed by atoms with Gasteiger partial charge in [0.1, 0.15) is 12.1 Å². The van der Waals surface area contributed by atoms with Crippen LogP contribution >= 0.6 is 0 Å². The van der Waals surface area contributed by atoms with E-state index in [1.54, 1.807) is 6.33 Å². The topological polar surface area (TPSA) is 95.1 Å². The van der Waals surface area contributed by atoms with Gasteiger partial charge in [0.2, 0.25) is 0 Å². The standard InChI is InChI=1S/C13H16FN5O2/c1-3-19-7-17-18-12(19)6-16-11-4-8(13(20)21-2)10(15)5-9(11)14/h4-5,7,16H,3,6,15H2,1-2H3. The highest BCUT2D eigenvalue weighted by Gasteiger charge is 2.15. The van der Waals surface area contributed by atoms with Crippen LogP contribution in [0.2, 0.25) is 0 Å². The van der Waals surface area contributed by atoms with Crippen LogP contribution in [0.15, 0.2) is 18.5 Å². The van der Waals surface area contributed by atoms with E-state index in [9.17, 15) is 9.18 Å². The van der Waals surface area contributed by atoms with Crippen LogP contribution in [-0.4, -0.2) is 27.8 Å². The number of aryl methyl sites for hydroxylation is 1. The first-order chi connectivity index (χ1) is 10.1. The second-order valence-corrected chi connectivity index (χ2v) is 4.30. The molecule has 1 aromatic heterocycles. The lowest BCUT2D eigenvalue weighted by Gasteiger charge is -2.11. The molecule has 112 valence electrons. The summed E-state index contributed by atoms with van der Waals surface area (Å²) >= 11 is 0. The molecule has 0 amide bonds. The van der Waals surface area contributed by atoms with Gasteiger partial charge < -0.3 is 20.4 Å². The van der Waals surface area contributed by atoms with E-state index < -0.39 is 11.8 Å². The van der Waals surface area contributed by atoms with Gasteiger partial charge >= 0.3 is 5.97 Å². The molecule has 0 bridgehead atoms. The van der Waals surface area contributed by atoms with Crippen molar-refractivity contribution >= 4 is 17.3 Å². The minimum Gasteiger partial charge on any atom is -0.465 e. The lowest BCUT2D eigenvalue weighted by Crippen LogP contribution is -2.11. The predicted octanol–water partition coefficient (Wildman–Crippen LogP) is 1.42. The fraction of sp³-hybridized carbons (Fsp3) is 0.308. The number of hydrogen-bond acceptors (Lipinski definition) is 6. The van der Waals surface area contributed by atoms with Gasteiger partial charge in [0.25, 0.3) is 0 Å². The Bertz CT molecular complexity index is 656. The maximum atomic E-state index is 13.9. The Hall–Kier alpha value is -2.64. The zero-order valence-electron chi connectivity index (χ0n) is 11.8. The van der Waals surface area contributed by atoms with Gasteiger partial charge in [0, 0.05) is 12.2 Å². The summed E-state index contributed by atoms with van der Waals surface area (Å²) in [6, 6.07) is 2.41. The van der Waals surface area contributed by atoms with Crippen molar-refractivity contribution in [2.45, 2.75) is 20.0 Å². The van der Waals surface area contributed by atoms with Crippen molar-refractivity contribution in [3.63, 3.8) is 0 Å². The molecule has 0 aliphatic carbocycles. The molecule has 1 heterocycles. The number of ether oxygens (including phenoxy) is 1. The van der Waals surface area contributed by atoms with Crippen molar-refractivity contribution in [3.05, 3.63) is 35.7 Å². The van der Waals surface area contributed by atoms with E-state index in [0.717, 1.165) is 6.07 Å². The zero-order valence-corrected chi connectivity index (χ0v) is 11.8. The third-order valence-corrected chi connectivity index (χ3v) is 3.02. The molecule has 0 radical (unpaired) electrons. The fourth-order valence-corrected chi connectivity index (χ4v) is 1.87. The van der Waals surface area contributed by atoms with Crippen LogP contribution in [0.3, 0.4) is 0 Å². The smallest absolute Gasteiger partial charge is 0.340 e. The lowest BCUT2D eigenvalue weighted by atomic mass is 10.1. The van der Waals surface area contributed by atoms with Gasteiger partial charge in [-0.15, -0.1) is 10.2 Å². The summed E-state index contributed by atoms with van der Waals surface area (Å²) in [6.07, 6.45) is 1.59. The SMILES string of the molecule is CCn1cnnc1CNc1cc(C(=O)OC)c(N)cc1F. The Morgan fingerprint density at radius 3 is 2.95 bits per heavy atom. The zero-order chi connectivity index (χ0) is 15.4. The van der Waals surface area contributed by atoms with Crippen LogP contribution in [0.25, 0.3) is 0 Å². The Balaban J connectivity index is 2.22. The highest BCUT2D eigenvalue weighted by atomic mass is 19.1. The number of hydrogen-bond donors (Lipinski definition) is 2. The number of nitrogen functional groups attached to an aromatic ring is 1. The number of rotatable bonds is 5. The van der Waals surface area contributed by atoms with Crippen LogP contribution in [0, 0.1) is 5.82 Å². The molecular formula is C13H16FN5O2. The number of nitrogens with zero attached hydrogens (tertiary/aromatic N) is 3. The number of carbonyl (C=O) groups excluding carboxylic acids is 1. The van der Waals surface area contributed by atoms with Crippen LogP contribution in [0.4, 0.5) is 15.8 Å². The summed E-state index contributed by atoms with van der Waals surface area (Å²) in [4.78, 5) is 11.6. The van der Waals surface area contributed by atoms with Gasteiger partial charge in [-0.25, -0.2) is 9.18 Å². The van der Waals surface area contributed by atoms with Crippen molar-refractivity contribution in [1.29, 1.82) is 0 Å². The molecule has 0 fully saturated rings. The second kappa shape index (κ2) is 6.21. The summed E-state index contributed by atoms with van der Waals surface area (Å²) in [6.45, 7) is 2.93. The minimum atomic E-state index is -0.618. The number of nitrogens with one attached hydrogen (secondary N) is 1. The maximum Gasteiger partial charge on any atom is 0.340 e. The molecule has 0 aliphatic rings. The molecule has 0 spiro atoms. The molecule has 0 unspecified atom stereocenters. The predicted molar refractivity (Wildman–Crippen MR) is 75.2 cm³/mol. The first-order valence-electron chi connectivity index (χ1n) is 6.34. The molecule has 1 aromatic carbocycles. The number of nitrogens with two attached hydrogens (primary N) is 1. The van der Waals surface area contributed by atoms with Gasteiger partial charge in [-0.05, 0) is 19.1 Å². The second-order valence-electron chi connectivity index (χ2n) is 4.30. The summed E-state index contributed by atoms with van der Waals surface area (Å²) in [5, 5.41) is 10.6. The quantitative estimate of drug-likeness (QED) is 0.639. The Morgan fingerprint density at radius 2 is 2.29 bits per heavy atom. The van der Waals surface area contributed by atoms with Gasteiger partial charge in [-0.3, -0.25) is 0 Å². The average Bonchev–Trinajstić information content (AvgIpc) is 2.93. The van der Waals surface area contributed by atoms with E-state index in [2.05, 4.69) is 20.3 Å².